The Morgan fingerprint density at radius 3 is 2.50 bits per heavy atom. The number of nitrogens with zero attached hydrogens (tertiary/aromatic N) is 3. The van der Waals surface area contributed by atoms with E-state index < -0.39 is 0 Å². The molecule has 1 saturated heterocycles. The quantitative estimate of drug-likeness (QED) is 0.658. The third-order valence-corrected chi connectivity index (χ3v) is 5.95. The minimum Gasteiger partial charge on any atom is -0.506 e. The second-order valence-corrected chi connectivity index (χ2v) is 7.50. The molecule has 5 nitrogen and oxygen atoms in total. The number of nitrogens with one attached hydrogen (secondary N) is 1. The third-order valence-electron chi connectivity index (χ3n) is 5.95. The zero-order valence-corrected chi connectivity index (χ0v) is 14.5. The van der Waals surface area contributed by atoms with Crippen molar-refractivity contribution in [2.75, 3.05) is 44.7 Å². The molecular weight excluding hydrogens is 300 g/mol. The average Bonchev–Trinajstić information content (AvgIpc) is 3.49. The van der Waals surface area contributed by atoms with Crippen molar-refractivity contribution in [2.45, 2.75) is 25.7 Å². The van der Waals surface area contributed by atoms with Gasteiger partial charge in [0.15, 0.2) is 5.96 Å². The first-order valence-corrected chi connectivity index (χ1v) is 9.20. The van der Waals surface area contributed by atoms with Crippen LogP contribution < -0.4 is 10.2 Å². The highest BCUT2D eigenvalue weighted by Gasteiger charge is 2.53. The number of phenols is 1. The smallest absolute Gasteiger partial charge is 0.193 e. The minimum absolute atomic E-state index is 0.369. The number of hydrogen-bond donors (Lipinski definition) is 2. The number of aliphatic imine (C=N–C) groups is 1. The van der Waals surface area contributed by atoms with Crippen molar-refractivity contribution in [1.29, 1.82) is 0 Å². The summed E-state index contributed by atoms with van der Waals surface area (Å²) in [6.45, 7) is 4.77. The summed E-state index contributed by atoms with van der Waals surface area (Å²) >= 11 is 0. The van der Waals surface area contributed by atoms with Crippen molar-refractivity contribution in [3.63, 3.8) is 0 Å². The van der Waals surface area contributed by atoms with E-state index in [1.807, 2.05) is 25.2 Å². The van der Waals surface area contributed by atoms with Gasteiger partial charge in [-0.25, -0.2) is 0 Å². The van der Waals surface area contributed by atoms with E-state index in [-0.39, 0.29) is 0 Å². The van der Waals surface area contributed by atoms with Gasteiger partial charge >= 0.3 is 0 Å². The SMILES string of the molecule is CN=C(NCC1(C2CC2)CC1)N1CCN(c2ccccc2O)CC1. The highest BCUT2D eigenvalue weighted by Crippen LogP contribution is 2.60. The molecule has 0 aromatic heterocycles. The van der Waals surface area contributed by atoms with Gasteiger partial charge in [0.1, 0.15) is 5.75 Å². The Bertz CT molecular complexity index is 614. The number of para-hydroxylation sites is 2. The molecule has 1 aromatic carbocycles. The van der Waals surface area contributed by atoms with Gasteiger partial charge in [-0.3, -0.25) is 4.99 Å². The predicted octanol–water partition coefficient (Wildman–Crippen LogP) is 2.28. The van der Waals surface area contributed by atoms with Crippen LogP contribution in [0.2, 0.25) is 0 Å². The van der Waals surface area contributed by atoms with Crippen LogP contribution in [-0.2, 0) is 0 Å². The second-order valence-electron chi connectivity index (χ2n) is 7.50. The lowest BCUT2D eigenvalue weighted by Gasteiger charge is -2.38. The summed E-state index contributed by atoms with van der Waals surface area (Å²) in [6, 6.07) is 7.60. The maximum absolute atomic E-state index is 10.0. The van der Waals surface area contributed by atoms with Gasteiger partial charge < -0.3 is 20.2 Å². The molecule has 130 valence electrons. The molecule has 0 unspecified atom stereocenters. The monoisotopic (exact) mass is 328 g/mol. The van der Waals surface area contributed by atoms with Crippen LogP contribution >= 0.6 is 0 Å². The summed E-state index contributed by atoms with van der Waals surface area (Å²) in [4.78, 5) is 9.10. The van der Waals surface area contributed by atoms with Crippen LogP contribution in [0, 0.1) is 11.3 Å². The van der Waals surface area contributed by atoms with Gasteiger partial charge in [-0.1, -0.05) is 12.1 Å². The molecule has 24 heavy (non-hydrogen) atoms. The van der Waals surface area contributed by atoms with Gasteiger partial charge in [0.25, 0.3) is 0 Å². The van der Waals surface area contributed by atoms with Crippen molar-refractivity contribution in [3.05, 3.63) is 24.3 Å². The first kappa shape index (κ1) is 15.6. The van der Waals surface area contributed by atoms with Crippen molar-refractivity contribution in [3.8, 4) is 5.75 Å². The maximum Gasteiger partial charge on any atom is 0.193 e. The molecule has 2 aliphatic carbocycles. The first-order valence-electron chi connectivity index (χ1n) is 9.20. The fourth-order valence-corrected chi connectivity index (χ4v) is 4.06. The summed E-state index contributed by atoms with van der Waals surface area (Å²) < 4.78 is 0. The summed E-state index contributed by atoms with van der Waals surface area (Å²) in [5.41, 5.74) is 1.53. The lowest BCUT2D eigenvalue weighted by atomic mass is 10.0. The molecule has 0 spiro atoms. The third kappa shape index (κ3) is 3.04. The van der Waals surface area contributed by atoms with Crippen LogP contribution in [0.1, 0.15) is 25.7 Å². The Kier molecular flexibility index (Phi) is 4.02. The average molecular weight is 328 g/mol. The topological polar surface area (TPSA) is 51.1 Å². The van der Waals surface area contributed by atoms with Gasteiger partial charge in [-0.05, 0) is 49.1 Å². The fraction of sp³-hybridized carbons (Fsp3) is 0.632. The van der Waals surface area contributed by atoms with E-state index in [0.717, 1.165) is 50.3 Å². The number of hydrogen-bond acceptors (Lipinski definition) is 3. The summed E-state index contributed by atoms with van der Waals surface area (Å²) in [7, 11) is 1.88. The minimum atomic E-state index is 0.369. The molecular formula is C19H28N4O. The van der Waals surface area contributed by atoms with E-state index in [0.29, 0.717) is 11.2 Å². The Labute approximate surface area is 144 Å². The van der Waals surface area contributed by atoms with E-state index in [2.05, 4.69) is 20.1 Å². The molecule has 0 amide bonds. The number of guanidine groups is 1. The highest BCUT2D eigenvalue weighted by atomic mass is 16.3. The lowest BCUT2D eigenvalue weighted by Crippen LogP contribution is -2.53. The molecule has 2 N–H and O–H groups in total. The van der Waals surface area contributed by atoms with E-state index in [9.17, 15) is 5.11 Å². The van der Waals surface area contributed by atoms with Crippen molar-refractivity contribution >= 4 is 11.6 Å². The molecule has 3 fully saturated rings. The molecule has 1 heterocycles. The first-order chi connectivity index (χ1) is 11.7. The van der Waals surface area contributed by atoms with Gasteiger partial charge in [-0.2, -0.15) is 0 Å². The Balaban J connectivity index is 1.32. The molecule has 0 atom stereocenters. The zero-order chi connectivity index (χ0) is 16.6. The highest BCUT2D eigenvalue weighted by molar-refractivity contribution is 5.80. The van der Waals surface area contributed by atoms with E-state index in [1.54, 1.807) is 6.07 Å². The van der Waals surface area contributed by atoms with Crippen molar-refractivity contribution in [2.24, 2.45) is 16.3 Å². The number of rotatable bonds is 4. The molecule has 2 saturated carbocycles. The van der Waals surface area contributed by atoms with Crippen LogP contribution in [-0.4, -0.2) is 55.7 Å². The van der Waals surface area contributed by atoms with E-state index in [4.69, 9.17) is 0 Å². The summed E-state index contributed by atoms with van der Waals surface area (Å²) in [5.74, 6) is 2.38. The summed E-state index contributed by atoms with van der Waals surface area (Å²) in [5, 5.41) is 13.7. The number of anilines is 1. The van der Waals surface area contributed by atoms with Gasteiger partial charge in [0.2, 0.25) is 0 Å². The van der Waals surface area contributed by atoms with Crippen LogP contribution in [0.5, 0.6) is 5.75 Å². The number of benzene rings is 1. The second kappa shape index (κ2) is 6.19. The van der Waals surface area contributed by atoms with Crippen LogP contribution in [0.3, 0.4) is 0 Å². The molecule has 4 rings (SSSR count). The number of aromatic hydroxyl groups is 1. The molecule has 0 bridgehead atoms. The number of phenolic OH excluding ortho intramolecular Hbond substituents is 1. The molecule has 1 aliphatic heterocycles. The maximum atomic E-state index is 10.0. The van der Waals surface area contributed by atoms with Gasteiger partial charge in [-0.15, -0.1) is 0 Å². The molecule has 5 heteroatoms. The molecule has 1 aromatic rings. The van der Waals surface area contributed by atoms with E-state index in [1.165, 1.54) is 25.7 Å². The zero-order valence-electron chi connectivity index (χ0n) is 14.5. The normalized spacial score (nSPS) is 23.3. The fourth-order valence-electron chi connectivity index (χ4n) is 4.06. The summed E-state index contributed by atoms with van der Waals surface area (Å²) in [6.07, 6.45) is 5.64. The largest absolute Gasteiger partial charge is 0.506 e. The Hall–Kier alpha value is -1.91. The van der Waals surface area contributed by atoms with Crippen LogP contribution in [0.25, 0.3) is 0 Å². The molecule has 0 radical (unpaired) electrons. The predicted molar refractivity (Wildman–Crippen MR) is 97.6 cm³/mol. The number of piperazine rings is 1. The Morgan fingerprint density at radius 2 is 1.92 bits per heavy atom. The van der Waals surface area contributed by atoms with Crippen LogP contribution in [0.15, 0.2) is 29.3 Å². The van der Waals surface area contributed by atoms with Gasteiger partial charge in [0.05, 0.1) is 5.69 Å². The Morgan fingerprint density at radius 1 is 1.21 bits per heavy atom. The van der Waals surface area contributed by atoms with Crippen molar-refractivity contribution in [1.82, 2.24) is 10.2 Å². The standard InChI is InChI=1S/C19H28N4O/c1-20-18(21-14-19(8-9-19)15-6-7-15)23-12-10-22(11-13-23)16-4-2-3-5-17(16)24/h2-5,15,24H,6-14H2,1H3,(H,20,21). The van der Waals surface area contributed by atoms with Crippen molar-refractivity contribution < 1.29 is 5.11 Å². The van der Waals surface area contributed by atoms with Gasteiger partial charge in [0, 0.05) is 39.8 Å². The van der Waals surface area contributed by atoms with E-state index >= 15 is 0 Å². The van der Waals surface area contributed by atoms with Crippen LogP contribution in [0.4, 0.5) is 5.69 Å². The molecule has 3 aliphatic rings. The lowest BCUT2D eigenvalue weighted by molar-refractivity contribution is 0.357.